The molecule has 0 bridgehead atoms. The van der Waals surface area contributed by atoms with Gasteiger partial charge in [-0.25, -0.2) is 4.79 Å². The first-order valence-corrected chi connectivity index (χ1v) is 5.54. The Morgan fingerprint density at radius 3 is 2.40 bits per heavy atom. The highest BCUT2D eigenvalue weighted by molar-refractivity contribution is 5.87. The maximum Gasteiger partial charge on any atom is 0.332 e. The second-order valence-corrected chi connectivity index (χ2v) is 3.62. The number of hydrogen-bond acceptors (Lipinski definition) is 2. The molecule has 0 saturated heterocycles. The van der Waals surface area contributed by atoms with E-state index in [1.54, 1.807) is 6.07 Å². The molecule has 0 atom stereocenters. The normalized spacial score (nSPS) is 11.1. The van der Waals surface area contributed by atoms with Crippen molar-refractivity contribution in [2.45, 2.75) is 51.9 Å². The minimum atomic E-state index is -0.967. The highest BCUT2D eigenvalue weighted by Crippen LogP contribution is 2.11. The summed E-state index contributed by atoms with van der Waals surface area (Å²) in [6.07, 6.45) is 8.41. The zero-order valence-corrected chi connectivity index (χ0v) is 9.33. The summed E-state index contributed by atoms with van der Waals surface area (Å²) in [5.41, 5.74) is 0.230. The monoisotopic (exact) mass is 209 g/mol. The van der Waals surface area contributed by atoms with Crippen LogP contribution >= 0.6 is 0 Å². The lowest BCUT2D eigenvalue weighted by atomic mass is 10.1. The van der Waals surface area contributed by atoms with Crippen molar-refractivity contribution in [3.63, 3.8) is 0 Å². The van der Waals surface area contributed by atoms with E-state index in [0.717, 1.165) is 25.3 Å². The van der Waals surface area contributed by atoms with Gasteiger partial charge in [-0.15, -0.1) is 0 Å². The van der Waals surface area contributed by atoms with E-state index in [1.807, 2.05) is 0 Å². The van der Waals surface area contributed by atoms with Crippen molar-refractivity contribution < 1.29 is 9.90 Å². The van der Waals surface area contributed by atoms with Crippen LogP contribution in [0, 0.1) is 11.3 Å². The van der Waals surface area contributed by atoms with Gasteiger partial charge in [-0.3, -0.25) is 0 Å². The van der Waals surface area contributed by atoms with E-state index in [-0.39, 0.29) is 5.57 Å². The molecule has 0 spiro atoms. The molecule has 15 heavy (non-hydrogen) atoms. The lowest BCUT2D eigenvalue weighted by Gasteiger charge is -2.01. The molecule has 0 amide bonds. The second-order valence-electron chi connectivity index (χ2n) is 3.62. The van der Waals surface area contributed by atoms with E-state index in [9.17, 15) is 4.79 Å². The quantitative estimate of drug-likeness (QED) is 0.379. The number of unbranched alkanes of at least 4 members (excludes halogenated alkanes) is 5. The molecular formula is C12H19NO2. The molecule has 0 unspecified atom stereocenters. The molecular weight excluding hydrogens is 190 g/mol. The van der Waals surface area contributed by atoms with Crippen molar-refractivity contribution in [1.82, 2.24) is 0 Å². The first-order chi connectivity index (χ1) is 7.22. The van der Waals surface area contributed by atoms with Gasteiger partial charge in [0.05, 0.1) is 6.07 Å². The van der Waals surface area contributed by atoms with Gasteiger partial charge < -0.3 is 5.11 Å². The van der Waals surface area contributed by atoms with E-state index in [0.29, 0.717) is 6.42 Å². The summed E-state index contributed by atoms with van der Waals surface area (Å²) >= 11 is 0. The molecule has 0 aromatic carbocycles. The molecule has 3 heteroatoms. The highest BCUT2D eigenvalue weighted by atomic mass is 16.4. The van der Waals surface area contributed by atoms with Crippen LogP contribution in [0.25, 0.3) is 0 Å². The molecule has 0 aliphatic carbocycles. The Labute approximate surface area is 91.4 Å². The summed E-state index contributed by atoms with van der Waals surface area (Å²) in [5.74, 6) is -0.967. The third kappa shape index (κ3) is 7.75. The van der Waals surface area contributed by atoms with Gasteiger partial charge in [0.1, 0.15) is 0 Å². The van der Waals surface area contributed by atoms with Gasteiger partial charge >= 0.3 is 5.97 Å². The SMILES string of the molecule is CCCCCCCCC(=CC#N)C(=O)O. The van der Waals surface area contributed by atoms with Crippen molar-refractivity contribution >= 4 is 5.97 Å². The van der Waals surface area contributed by atoms with Crippen LogP contribution in [0.15, 0.2) is 11.6 Å². The Morgan fingerprint density at radius 1 is 1.27 bits per heavy atom. The van der Waals surface area contributed by atoms with Crippen LogP contribution in [0.3, 0.4) is 0 Å². The molecule has 0 heterocycles. The summed E-state index contributed by atoms with van der Waals surface area (Å²) in [5, 5.41) is 17.1. The van der Waals surface area contributed by atoms with Gasteiger partial charge in [-0.2, -0.15) is 5.26 Å². The highest BCUT2D eigenvalue weighted by Gasteiger charge is 2.05. The molecule has 84 valence electrons. The number of carboxylic acids is 1. The molecule has 0 aromatic rings. The number of aliphatic carboxylic acids is 1. The molecule has 0 aliphatic heterocycles. The fraction of sp³-hybridized carbons (Fsp3) is 0.667. The van der Waals surface area contributed by atoms with Crippen molar-refractivity contribution in [2.75, 3.05) is 0 Å². The average Bonchev–Trinajstić information content (AvgIpc) is 2.21. The first kappa shape index (κ1) is 13.7. The van der Waals surface area contributed by atoms with E-state index < -0.39 is 5.97 Å². The van der Waals surface area contributed by atoms with Crippen LogP contribution in [0.5, 0.6) is 0 Å². The predicted molar refractivity (Wildman–Crippen MR) is 59.3 cm³/mol. The molecule has 0 fully saturated rings. The number of allylic oxidation sites excluding steroid dienone is 1. The van der Waals surface area contributed by atoms with Crippen LogP contribution in [0.4, 0.5) is 0 Å². The van der Waals surface area contributed by atoms with Gasteiger partial charge in [-0.05, 0) is 12.8 Å². The molecule has 0 saturated carbocycles. The standard InChI is InChI=1S/C12H19NO2/c1-2-3-4-5-6-7-8-11(9-10-13)12(14)15/h9H,2-8H2,1H3,(H,14,15). The topological polar surface area (TPSA) is 61.1 Å². The minimum absolute atomic E-state index is 0.230. The molecule has 0 rings (SSSR count). The summed E-state index contributed by atoms with van der Waals surface area (Å²) < 4.78 is 0. The fourth-order valence-electron chi connectivity index (χ4n) is 1.41. The Bertz CT molecular complexity index is 251. The molecule has 3 nitrogen and oxygen atoms in total. The zero-order chi connectivity index (χ0) is 11.5. The van der Waals surface area contributed by atoms with E-state index in [2.05, 4.69) is 6.92 Å². The molecule has 1 N–H and O–H groups in total. The van der Waals surface area contributed by atoms with Crippen molar-refractivity contribution in [3.8, 4) is 6.07 Å². The van der Waals surface area contributed by atoms with E-state index in [1.165, 1.54) is 19.3 Å². The van der Waals surface area contributed by atoms with Crippen LogP contribution in [0.1, 0.15) is 51.9 Å². The number of carboxylic acid groups (broad SMARTS) is 1. The van der Waals surface area contributed by atoms with E-state index >= 15 is 0 Å². The predicted octanol–water partition coefficient (Wildman–Crippen LogP) is 3.27. The summed E-state index contributed by atoms with van der Waals surface area (Å²) in [7, 11) is 0. The molecule has 0 radical (unpaired) electrons. The number of nitriles is 1. The summed E-state index contributed by atoms with van der Waals surface area (Å²) in [4.78, 5) is 10.6. The van der Waals surface area contributed by atoms with Crippen molar-refractivity contribution in [3.05, 3.63) is 11.6 Å². The Hall–Kier alpha value is -1.30. The third-order valence-corrected chi connectivity index (χ3v) is 2.31. The number of carbonyl (C=O) groups is 1. The maximum atomic E-state index is 10.6. The van der Waals surface area contributed by atoms with Crippen LogP contribution in [-0.2, 0) is 4.79 Å². The fourth-order valence-corrected chi connectivity index (χ4v) is 1.41. The molecule has 0 aromatic heterocycles. The largest absolute Gasteiger partial charge is 0.478 e. The van der Waals surface area contributed by atoms with Crippen molar-refractivity contribution in [1.29, 1.82) is 5.26 Å². The van der Waals surface area contributed by atoms with Gasteiger partial charge in [-0.1, -0.05) is 39.0 Å². The van der Waals surface area contributed by atoms with Crippen LogP contribution in [0.2, 0.25) is 0 Å². The van der Waals surface area contributed by atoms with Crippen molar-refractivity contribution in [2.24, 2.45) is 0 Å². The summed E-state index contributed by atoms with van der Waals surface area (Å²) in [6.45, 7) is 2.16. The minimum Gasteiger partial charge on any atom is -0.478 e. The summed E-state index contributed by atoms with van der Waals surface area (Å²) in [6, 6.07) is 1.77. The van der Waals surface area contributed by atoms with Gasteiger partial charge in [0.15, 0.2) is 0 Å². The molecule has 0 aliphatic rings. The Kier molecular flexibility index (Phi) is 8.46. The number of hydrogen-bond donors (Lipinski definition) is 1. The second kappa shape index (κ2) is 9.26. The third-order valence-electron chi connectivity index (χ3n) is 2.31. The van der Waals surface area contributed by atoms with Gasteiger partial charge in [0.25, 0.3) is 0 Å². The number of nitrogens with zero attached hydrogens (tertiary/aromatic N) is 1. The Morgan fingerprint density at radius 2 is 1.87 bits per heavy atom. The first-order valence-electron chi connectivity index (χ1n) is 5.54. The van der Waals surface area contributed by atoms with E-state index in [4.69, 9.17) is 10.4 Å². The van der Waals surface area contributed by atoms with Crippen LogP contribution in [-0.4, -0.2) is 11.1 Å². The van der Waals surface area contributed by atoms with Crippen LogP contribution < -0.4 is 0 Å². The zero-order valence-electron chi connectivity index (χ0n) is 9.33. The lowest BCUT2D eigenvalue weighted by Crippen LogP contribution is -2.00. The number of rotatable bonds is 8. The van der Waals surface area contributed by atoms with Gasteiger partial charge in [0, 0.05) is 11.6 Å². The van der Waals surface area contributed by atoms with Gasteiger partial charge in [0.2, 0.25) is 0 Å². The Balaban J connectivity index is 3.61. The lowest BCUT2D eigenvalue weighted by molar-refractivity contribution is -0.132. The smallest absolute Gasteiger partial charge is 0.332 e. The maximum absolute atomic E-state index is 10.6. The average molecular weight is 209 g/mol.